The van der Waals surface area contributed by atoms with Crippen LogP contribution in [-0.4, -0.2) is 9.97 Å². The van der Waals surface area contributed by atoms with Crippen LogP contribution in [0.25, 0.3) is 22.3 Å². The van der Waals surface area contributed by atoms with Crippen LogP contribution in [0.4, 0.5) is 5.82 Å². The molecule has 0 saturated carbocycles. The smallest absolute Gasteiger partial charge is 0.162 e. The Balaban J connectivity index is 1.78. The standard InChI is InChI=1S/C19H14BrN3O/c20-14-6-3-5-13(11-14)18-22-17-9-2-1-8-16(17)19(23-18)21-12-15-7-4-10-24-15/h1-11H,12H2,(H,21,22,23). The van der Waals surface area contributed by atoms with E-state index in [0.29, 0.717) is 12.4 Å². The molecule has 24 heavy (non-hydrogen) atoms. The van der Waals surface area contributed by atoms with Crippen LogP contribution in [0.15, 0.2) is 75.8 Å². The van der Waals surface area contributed by atoms with E-state index in [9.17, 15) is 0 Å². The average Bonchev–Trinajstić information content (AvgIpc) is 3.13. The molecule has 0 bridgehead atoms. The number of anilines is 1. The lowest BCUT2D eigenvalue weighted by molar-refractivity contribution is 0.518. The van der Waals surface area contributed by atoms with Crippen LogP contribution in [0.5, 0.6) is 0 Å². The van der Waals surface area contributed by atoms with Crippen LogP contribution in [-0.2, 0) is 6.54 Å². The van der Waals surface area contributed by atoms with Gasteiger partial charge in [0.2, 0.25) is 0 Å². The zero-order valence-electron chi connectivity index (χ0n) is 12.7. The van der Waals surface area contributed by atoms with Gasteiger partial charge >= 0.3 is 0 Å². The Hall–Kier alpha value is -2.66. The molecule has 1 N–H and O–H groups in total. The van der Waals surface area contributed by atoms with E-state index in [-0.39, 0.29) is 0 Å². The zero-order valence-corrected chi connectivity index (χ0v) is 14.3. The van der Waals surface area contributed by atoms with Crippen LogP contribution in [0.3, 0.4) is 0 Å². The van der Waals surface area contributed by atoms with Crippen molar-refractivity contribution in [2.45, 2.75) is 6.54 Å². The molecule has 0 unspecified atom stereocenters. The fourth-order valence-electron chi connectivity index (χ4n) is 2.55. The van der Waals surface area contributed by atoms with Gasteiger partial charge in [0.15, 0.2) is 5.82 Å². The Morgan fingerprint density at radius 3 is 2.71 bits per heavy atom. The number of halogens is 1. The Labute approximate surface area is 147 Å². The summed E-state index contributed by atoms with van der Waals surface area (Å²) in [6.45, 7) is 0.575. The van der Waals surface area contributed by atoms with Gasteiger partial charge in [-0.25, -0.2) is 9.97 Å². The van der Waals surface area contributed by atoms with Gasteiger partial charge in [-0.1, -0.05) is 40.2 Å². The summed E-state index contributed by atoms with van der Waals surface area (Å²) in [6.07, 6.45) is 1.67. The first-order valence-corrected chi connectivity index (χ1v) is 8.38. The van der Waals surface area contributed by atoms with E-state index in [1.165, 1.54) is 0 Å². The minimum Gasteiger partial charge on any atom is -0.467 e. The van der Waals surface area contributed by atoms with Gasteiger partial charge < -0.3 is 9.73 Å². The van der Waals surface area contributed by atoms with E-state index < -0.39 is 0 Å². The highest BCUT2D eigenvalue weighted by Gasteiger charge is 2.10. The number of benzene rings is 2. The summed E-state index contributed by atoms with van der Waals surface area (Å²) in [4.78, 5) is 9.42. The molecule has 0 atom stereocenters. The monoisotopic (exact) mass is 379 g/mol. The lowest BCUT2D eigenvalue weighted by Gasteiger charge is -2.10. The molecular weight excluding hydrogens is 366 g/mol. The summed E-state index contributed by atoms with van der Waals surface area (Å²) in [5.74, 6) is 2.35. The molecule has 0 fully saturated rings. The summed E-state index contributed by atoms with van der Waals surface area (Å²) >= 11 is 3.50. The van der Waals surface area contributed by atoms with Gasteiger partial charge in [0.05, 0.1) is 18.3 Å². The maximum atomic E-state index is 5.39. The highest BCUT2D eigenvalue weighted by molar-refractivity contribution is 9.10. The number of rotatable bonds is 4. The second kappa shape index (κ2) is 6.45. The Kier molecular flexibility index (Phi) is 4.01. The maximum absolute atomic E-state index is 5.39. The van der Waals surface area contributed by atoms with Crippen molar-refractivity contribution in [1.29, 1.82) is 0 Å². The number of aromatic nitrogens is 2. The highest BCUT2D eigenvalue weighted by Crippen LogP contribution is 2.26. The number of fused-ring (bicyclic) bond motifs is 1. The molecule has 0 aliphatic heterocycles. The van der Waals surface area contributed by atoms with Crippen molar-refractivity contribution in [3.8, 4) is 11.4 Å². The van der Waals surface area contributed by atoms with E-state index in [2.05, 4.69) is 21.2 Å². The van der Waals surface area contributed by atoms with E-state index in [1.54, 1.807) is 6.26 Å². The number of furan rings is 1. The van der Waals surface area contributed by atoms with Crippen molar-refractivity contribution in [3.63, 3.8) is 0 Å². The third-order valence-electron chi connectivity index (χ3n) is 3.70. The largest absolute Gasteiger partial charge is 0.467 e. The minimum absolute atomic E-state index is 0.575. The molecule has 2 aromatic carbocycles. The van der Waals surface area contributed by atoms with Crippen molar-refractivity contribution >= 4 is 32.7 Å². The third kappa shape index (κ3) is 3.03. The molecule has 4 nitrogen and oxygen atoms in total. The topological polar surface area (TPSA) is 51.0 Å². The lowest BCUT2D eigenvalue weighted by atomic mass is 10.2. The van der Waals surface area contributed by atoms with Crippen LogP contribution in [0.2, 0.25) is 0 Å². The normalized spacial score (nSPS) is 10.9. The van der Waals surface area contributed by atoms with Crippen molar-refractivity contribution in [3.05, 3.63) is 77.2 Å². The molecule has 2 heterocycles. The van der Waals surface area contributed by atoms with Crippen molar-refractivity contribution in [2.75, 3.05) is 5.32 Å². The predicted octanol–water partition coefficient (Wildman–Crippen LogP) is 5.26. The molecular formula is C19H14BrN3O. The van der Waals surface area contributed by atoms with Crippen LogP contribution in [0.1, 0.15) is 5.76 Å². The predicted molar refractivity (Wildman–Crippen MR) is 98.7 cm³/mol. The van der Waals surface area contributed by atoms with Gasteiger partial charge in [-0.15, -0.1) is 0 Å². The minimum atomic E-state index is 0.575. The Bertz CT molecular complexity index is 983. The molecule has 0 aliphatic carbocycles. The fraction of sp³-hybridized carbons (Fsp3) is 0.0526. The van der Waals surface area contributed by atoms with Crippen LogP contribution >= 0.6 is 15.9 Å². The first kappa shape index (κ1) is 14.9. The third-order valence-corrected chi connectivity index (χ3v) is 4.19. The van der Waals surface area contributed by atoms with Gasteiger partial charge in [-0.2, -0.15) is 0 Å². The average molecular weight is 380 g/mol. The Morgan fingerprint density at radius 1 is 0.958 bits per heavy atom. The zero-order chi connectivity index (χ0) is 16.4. The Morgan fingerprint density at radius 2 is 1.88 bits per heavy atom. The fourth-order valence-corrected chi connectivity index (χ4v) is 2.95. The first-order valence-electron chi connectivity index (χ1n) is 7.58. The lowest BCUT2D eigenvalue weighted by Crippen LogP contribution is -2.03. The van der Waals surface area contributed by atoms with Gasteiger partial charge in [0, 0.05) is 15.4 Å². The number of nitrogens with one attached hydrogen (secondary N) is 1. The SMILES string of the molecule is Brc1cccc(-c2nc(NCc3ccco3)c3ccccc3n2)c1. The van der Waals surface area contributed by atoms with Crippen molar-refractivity contribution in [1.82, 2.24) is 9.97 Å². The van der Waals surface area contributed by atoms with E-state index in [1.807, 2.05) is 60.7 Å². The van der Waals surface area contributed by atoms with Gasteiger partial charge in [-0.3, -0.25) is 0 Å². The molecule has 0 amide bonds. The molecule has 0 radical (unpaired) electrons. The molecule has 0 saturated heterocycles. The number of hydrogen-bond acceptors (Lipinski definition) is 4. The summed E-state index contributed by atoms with van der Waals surface area (Å²) < 4.78 is 6.39. The summed E-state index contributed by atoms with van der Waals surface area (Å²) in [7, 11) is 0. The van der Waals surface area contributed by atoms with Crippen LogP contribution < -0.4 is 5.32 Å². The summed E-state index contributed by atoms with van der Waals surface area (Å²) in [5.41, 5.74) is 1.88. The molecule has 4 aromatic rings. The summed E-state index contributed by atoms with van der Waals surface area (Å²) in [6, 6.07) is 19.8. The second-order valence-corrected chi connectivity index (χ2v) is 6.27. The summed E-state index contributed by atoms with van der Waals surface area (Å²) in [5, 5.41) is 4.35. The number of para-hydroxylation sites is 1. The van der Waals surface area contributed by atoms with Crippen LogP contribution in [0, 0.1) is 0 Å². The van der Waals surface area contributed by atoms with Crippen molar-refractivity contribution in [2.24, 2.45) is 0 Å². The second-order valence-electron chi connectivity index (χ2n) is 5.36. The first-order chi connectivity index (χ1) is 11.8. The quantitative estimate of drug-likeness (QED) is 0.525. The van der Waals surface area contributed by atoms with E-state index in [4.69, 9.17) is 14.4 Å². The number of hydrogen-bond donors (Lipinski definition) is 1. The van der Waals surface area contributed by atoms with E-state index in [0.717, 1.165) is 32.5 Å². The molecule has 2 aromatic heterocycles. The van der Waals surface area contributed by atoms with E-state index >= 15 is 0 Å². The molecule has 0 aliphatic rings. The number of nitrogens with zero attached hydrogens (tertiary/aromatic N) is 2. The highest BCUT2D eigenvalue weighted by atomic mass is 79.9. The molecule has 118 valence electrons. The van der Waals surface area contributed by atoms with Gasteiger partial charge in [-0.05, 0) is 36.4 Å². The van der Waals surface area contributed by atoms with Gasteiger partial charge in [0.25, 0.3) is 0 Å². The van der Waals surface area contributed by atoms with Gasteiger partial charge in [0.1, 0.15) is 11.6 Å². The molecule has 0 spiro atoms. The van der Waals surface area contributed by atoms with Crippen molar-refractivity contribution < 1.29 is 4.42 Å². The molecule has 5 heteroatoms. The maximum Gasteiger partial charge on any atom is 0.162 e. The molecule has 4 rings (SSSR count).